The van der Waals surface area contributed by atoms with Crippen LogP contribution in [0.2, 0.25) is 0 Å². The maximum Gasteiger partial charge on any atom is 0.166 e. The number of thiocarbonyl (C=S) groups is 1. The van der Waals surface area contributed by atoms with Crippen molar-refractivity contribution >= 4 is 17.3 Å². The van der Waals surface area contributed by atoms with E-state index >= 15 is 0 Å². The van der Waals surface area contributed by atoms with Crippen LogP contribution in [-0.4, -0.2) is 44.1 Å². The largest absolute Gasteiger partial charge is 0.383 e. The smallest absolute Gasteiger partial charge is 0.166 e. The van der Waals surface area contributed by atoms with Crippen LogP contribution in [0.3, 0.4) is 0 Å². The summed E-state index contributed by atoms with van der Waals surface area (Å²) in [4.78, 5) is 0. The molecule has 0 aliphatic heterocycles. The van der Waals surface area contributed by atoms with E-state index in [1.165, 1.54) is 32.1 Å². The molecule has 1 aliphatic carbocycles. The van der Waals surface area contributed by atoms with Crippen LogP contribution in [0.4, 0.5) is 0 Å². The maximum absolute atomic E-state index is 5.81. The van der Waals surface area contributed by atoms with Crippen LogP contribution in [0.25, 0.3) is 0 Å². The summed E-state index contributed by atoms with van der Waals surface area (Å²) in [6.07, 6.45) is 6.89. The van der Waals surface area contributed by atoms with Gasteiger partial charge in [-0.15, -0.1) is 0 Å². The second-order valence-corrected chi connectivity index (χ2v) is 5.30. The van der Waals surface area contributed by atoms with Gasteiger partial charge in [0.25, 0.3) is 0 Å². The molecular weight excluding hydrogens is 248 g/mol. The third-order valence-corrected chi connectivity index (χ3v) is 3.35. The Morgan fingerprint density at radius 2 is 2.06 bits per heavy atom. The van der Waals surface area contributed by atoms with Crippen molar-refractivity contribution in [2.75, 3.05) is 26.9 Å². The molecule has 1 fully saturated rings. The molecule has 5 heteroatoms. The molecule has 4 nitrogen and oxygen atoms in total. The van der Waals surface area contributed by atoms with Crippen LogP contribution in [0.1, 0.15) is 39.0 Å². The van der Waals surface area contributed by atoms with E-state index in [2.05, 4.69) is 10.6 Å². The van der Waals surface area contributed by atoms with Gasteiger partial charge in [0.15, 0.2) is 5.11 Å². The van der Waals surface area contributed by atoms with Crippen LogP contribution in [0.15, 0.2) is 0 Å². The molecule has 1 unspecified atom stereocenters. The summed E-state index contributed by atoms with van der Waals surface area (Å²) in [5.74, 6) is 0. The molecule has 18 heavy (non-hydrogen) atoms. The van der Waals surface area contributed by atoms with Gasteiger partial charge in [0, 0.05) is 19.7 Å². The van der Waals surface area contributed by atoms with E-state index in [1.54, 1.807) is 7.11 Å². The molecule has 0 bridgehead atoms. The van der Waals surface area contributed by atoms with Crippen LogP contribution >= 0.6 is 12.2 Å². The lowest BCUT2D eigenvalue weighted by atomic mass is 9.98. The minimum Gasteiger partial charge on any atom is -0.383 e. The quantitative estimate of drug-likeness (QED) is 0.548. The summed E-state index contributed by atoms with van der Waals surface area (Å²) in [5.41, 5.74) is 0. The molecule has 1 atom stereocenters. The lowest BCUT2D eigenvalue weighted by Crippen LogP contribution is -2.43. The third-order valence-electron chi connectivity index (χ3n) is 3.09. The van der Waals surface area contributed by atoms with Gasteiger partial charge in [0.2, 0.25) is 0 Å². The van der Waals surface area contributed by atoms with E-state index in [0.29, 0.717) is 17.8 Å². The Hall–Kier alpha value is -0.390. The van der Waals surface area contributed by atoms with Crippen LogP contribution in [-0.2, 0) is 9.47 Å². The predicted molar refractivity (Wildman–Crippen MR) is 77.9 cm³/mol. The lowest BCUT2D eigenvalue weighted by Gasteiger charge is -2.22. The highest BCUT2D eigenvalue weighted by atomic mass is 32.1. The molecule has 0 radical (unpaired) electrons. The molecule has 0 aromatic heterocycles. The third kappa shape index (κ3) is 7.13. The minimum atomic E-state index is 0.231. The molecule has 1 rings (SSSR count). The average Bonchev–Trinajstić information content (AvgIpc) is 2.36. The fraction of sp³-hybridized carbons (Fsp3) is 0.923. The maximum atomic E-state index is 5.81. The zero-order valence-corrected chi connectivity index (χ0v) is 12.4. The second kappa shape index (κ2) is 9.53. The predicted octanol–water partition coefficient (Wildman–Crippen LogP) is 1.83. The first-order valence-corrected chi connectivity index (χ1v) is 7.28. The summed E-state index contributed by atoms with van der Waals surface area (Å²) >= 11 is 5.18. The van der Waals surface area contributed by atoms with Crippen LogP contribution in [0.5, 0.6) is 0 Å². The zero-order valence-electron chi connectivity index (χ0n) is 11.5. The summed E-state index contributed by atoms with van der Waals surface area (Å²) < 4.78 is 10.8. The Labute approximate surface area is 116 Å². The number of rotatable bonds is 7. The fourth-order valence-corrected chi connectivity index (χ4v) is 2.49. The number of hydrogen-bond acceptors (Lipinski definition) is 3. The first-order valence-electron chi connectivity index (χ1n) is 6.87. The van der Waals surface area contributed by atoms with E-state index in [-0.39, 0.29) is 6.04 Å². The van der Waals surface area contributed by atoms with Gasteiger partial charge >= 0.3 is 0 Å². The van der Waals surface area contributed by atoms with Crippen molar-refractivity contribution in [1.82, 2.24) is 10.6 Å². The molecule has 0 amide bonds. The van der Waals surface area contributed by atoms with Crippen molar-refractivity contribution in [2.45, 2.75) is 51.2 Å². The summed E-state index contributed by atoms with van der Waals surface area (Å²) in [7, 11) is 1.69. The van der Waals surface area contributed by atoms with E-state index in [4.69, 9.17) is 21.7 Å². The van der Waals surface area contributed by atoms with Crippen molar-refractivity contribution in [2.24, 2.45) is 0 Å². The van der Waals surface area contributed by atoms with Crippen molar-refractivity contribution in [3.8, 4) is 0 Å². The standard InChI is InChI=1S/C13H26N2O2S/c1-11(10-16-2)15-13(18)14-8-9-17-12-6-4-3-5-7-12/h11-12H,3-10H2,1-2H3,(H2,14,15,18). The van der Waals surface area contributed by atoms with E-state index < -0.39 is 0 Å². The fourth-order valence-electron chi connectivity index (χ4n) is 2.19. The Morgan fingerprint density at radius 3 is 2.72 bits per heavy atom. The van der Waals surface area contributed by atoms with Crippen molar-refractivity contribution in [3.63, 3.8) is 0 Å². The Balaban J connectivity index is 1.97. The molecule has 2 N–H and O–H groups in total. The SMILES string of the molecule is COCC(C)NC(=S)NCCOC1CCCCC1. The van der Waals surface area contributed by atoms with Gasteiger partial charge in [-0.3, -0.25) is 0 Å². The molecule has 106 valence electrons. The van der Waals surface area contributed by atoms with Crippen molar-refractivity contribution < 1.29 is 9.47 Å². The van der Waals surface area contributed by atoms with Gasteiger partial charge < -0.3 is 20.1 Å². The Kier molecular flexibility index (Phi) is 8.29. The highest BCUT2D eigenvalue weighted by Gasteiger charge is 2.13. The summed E-state index contributed by atoms with van der Waals surface area (Å²) in [5, 5.41) is 6.98. The normalized spacial score (nSPS) is 18.3. The van der Waals surface area contributed by atoms with E-state index in [0.717, 1.165) is 13.2 Å². The number of nitrogens with one attached hydrogen (secondary N) is 2. The molecule has 1 aliphatic rings. The van der Waals surface area contributed by atoms with Crippen molar-refractivity contribution in [3.05, 3.63) is 0 Å². The van der Waals surface area contributed by atoms with Crippen LogP contribution < -0.4 is 10.6 Å². The monoisotopic (exact) mass is 274 g/mol. The van der Waals surface area contributed by atoms with Crippen molar-refractivity contribution in [1.29, 1.82) is 0 Å². The highest BCUT2D eigenvalue weighted by molar-refractivity contribution is 7.80. The minimum absolute atomic E-state index is 0.231. The van der Waals surface area contributed by atoms with Gasteiger partial charge in [-0.2, -0.15) is 0 Å². The molecule has 0 spiro atoms. The summed E-state index contributed by atoms with van der Waals surface area (Å²) in [6.45, 7) is 4.18. The molecule has 0 aromatic rings. The average molecular weight is 274 g/mol. The van der Waals surface area contributed by atoms with Gasteiger partial charge in [0.1, 0.15) is 0 Å². The van der Waals surface area contributed by atoms with Crippen LogP contribution in [0, 0.1) is 0 Å². The molecule has 0 saturated heterocycles. The van der Waals surface area contributed by atoms with Gasteiger partial charge in [-0.05, 0) is 32.0 Å². The number of ether oxygens (including phenoxy) is 2. The molecule has 0 heterocycles. The number of hydrogen-bond donors (Lipinski definition) is 2. The summed E-state index contributed by atoms with van der Waals surface area (Å²) in [6, 6.07) is 0.231. The van der Waals surface area contributed by atoms with E-state index in [9.17, 15) is 0 Å². The first kappa shape index (κ1) is 15.7. The zero-order chi connectivity index (χ0) is 13.2. The van der Waals surface area contributed by atoms with Gasteiger partial charge in [-0.25, -0.2) is 0 Å². The molecular formula is C13H26N2O2S. The highest BCUT2D eigenvalue weighted by Crippen LogP contribution is 2.19. The van der Waals surface area contributed by atoms with Gasteiger partial charge in [0.05, 0.1) is 19.3 Å². The molecule has 0 aromatic carbocycles. The lowest BCUT2D eigenvalue weighted by molar-refractivity contribution is 0.0318. The Morgan fingerprint density at radius 1 is 1.33 bits per heavy atom. The number of methoxy groups -OCH3 is 1. The second-order valence-electron chi connectivity index (χ2n) is 4.89. The topological polar surface area (TPSA) is 42.5 Å². The van der Waals surface area contributed by atoms with Gasteiger partial charge in [-0.1, -0.05) is 19.3 Å². The van der Waals surface area contributed by atoms with E-state index in [1.807, 2.05) is 6.92 Å². The first-order chi connectivity index (χ1) is 8.72. The molecule has 1 saturated carbocycles. The Bertz CT molecular complexity index is 233.